The van der Waals surface area contributed by atoms with Crippen LogP contribution in [0.5, 0.6) is 0 Å². The molecule has 24 heavy (non-hydrogen) atoms. The van der Waals surface area contributed by atoms with Crippen LogP contribution in [0.15, 0.2) is 0 Å². The van der Waals surface area contributed by atoms with Crippen LogP contribution in [0.3, 0.4) is 0 Å². The summed E-state index contributed by atoms with van der Waals surface area (Å²) < 4.78 is 5.98. The van der Waals surface area contributed by atoms with E-state index in [-0.39, 0.29) is 6.10 Å². The van der Waals surface area contributed by atoms with Crippen LogP contribution in [0, 0.1) is 17.8 Å². The van der Waals surface area contributed by atoms with E-state index in [0.717, 1.165) is 44.1 Å². The van der Waals surface area contributed by atoms with E-state index in [1.165, 1.54) is 57.8 Å². The van der Waals surface area contributed by atoms with Crippen LogP contribution in [0.4, 0.5) is 0 Å². The van der Waals surface area contributed by atoms with Crippen molar-refractivity contribution in [2.24, 2.45) is 17.8 Å². The van der Waals surface area contributed by atoms with Crippen LogP contribution in [0.1, 0.15) is 90.4 Å². The van der Waals surface area contributed by atoms with Crippen molar-refractivity contribution in [1.82, 2.24) is 0 Å². The van der Waals surface area contributed by atoms with Gasteiger partial charge in [0, 0.05) is 6.61 Å². The summed E-state index contributed by atoms with van der Waals surface area (Å²) in [6.07, 6.45) is 15.8. The summed E-state index contributed by atoms with van der Waals surface area (Å²) in [6.45, 7) is 3.54. The van der Waals surface area contributed by atoms with Gasteiger partial charge in [0.15, 0.2) is 0 Å². The normalized spacial score (nSPS) is 30.1. The molecule has 0 aromatic rings. The second-order valence-corrected chi connectivity index (χ2v) is 8.20. The quantitative estimate of drug-likeness (QED) is 0.451. The van der Waals surface area contributed by atoms with Crippen molar-refractivity contribution in [3.05, 3.63) is 0 Å². The first kappa shape index (κ1) is 20.2. The largest absolute Gasteiger partial charge is 0.396 e. The molecular formula is C21H40O3. The fourth-order valence-corrected chi connectivity index (χ4v) is 4.93. The Morgan fingerprint density at radius 2 is 1.71 bits per heavy atom. The molecule has 2 bridgehead atoms. The van der Waals surface area contributed by atoms with Gasteiger partial charge >= 0.3 is 0 Å². The summed E-state index contributed by atoms with van der Waals surface area (Å²) in [6, 6.07) is 0. The van der Waals surface area contributed by atoms with E-state index >= 15 is 0 Å². The maximum absolute atomic E-state index is 10.2. The highest BCUT2D eigenvalue weighted by atomic mass is 16.5. The SMILES string of the molecule is CCCCC[C@H](O)CCC1[C@@H](CCCCCCCO)[C@H]2CO[C@@H]1C2. The summed E-state index contributed by atoms with van der Waals surface area (Å²) in [5.74, 6) is 2.32. The minimum Gasteiger partial charge on any atom is -0.396 e. The summed E-state index contributed by atoms with van der Waals surface area (Å²) in [5, 5.41) is 19.1. The average molecular weight is 341 g/mol. The Kier molecular flexibility index (Phi) is 9.67. The molecule has 1 saturated carbocycles. The molecule has 5 atom stereocenters. The fourth-order valence-electron chi connectivity index (χ4n) is 4.93. The molecule has 2 N–H and O–H groups in total. The minimum atomic E-state index is -0.102. The van der Waals surface area contributed by atoms with Crippen molar-refractivity contribution in [2.75, 3.05) is 13.2 Å². The maximum atomic E-state index is 10.2. The summed E-state index contributed by atoms with van der Waals surface area (Å²) >= 11 is 0. The van der Waals surface area contributed by atoms with Gasteiger partial charge in [-0.2, -0.15) is 0 Å². The second kappa shape index (κ2) is 11.5. The minimum absolute atomic E-state index is 0.102. The van der Waals surface area contributed by atoms with E-state index in [1.807, 2.05) is 0 Å². The zero-order valence-electron chi connectivity index (χ0n) is 15.8. The highest BCUT2D eigenvalue weighted by Gasteiger charge is 2.47. The Morgan fingerprint density at radius 1 is 0.917 bits per heavy atom. The Bertz CT molecular complexity index is 320. The van der Waals surface area contributed by atoms with E-state index in [0.29, 0.717) is 18.6 Å². The number of hydrogen-bond acceptors (Lipinski definition) is 3. The molecule has 0 aromatic carbocycles. The molecule has 2 fully saturated rings. The molecule has 3 nitrogen and oxygen atoms in total. The highest BCUT2D eigenvalue weighted by Crippen LogP contribution is 2.49. The molecule has 1 saturated heterocycles. The van der Waals surface area contributed by atoms with Crippen molar-refractivity contribution < 1.29 is 14.9 Å². The Labute approximate surface area is 149 Å². The topological polar surface area (TPSA) is 49.7 Å². The molecule has 0 radical (unpaired) electrons. The molecule has 2 rings (SSSR count). The predicted molar refractivity (Wildman–Crippen MR) is 99.0 cm³/mol. The van der Waals surface area contributed by atoms with E-state index in [4.69, 9.17) is 9.84 Å². The van der Waals surface area contributed by atoms with Crippen molar-refractivity contribution >= 4 is 0 Å². The third-order valence-electron chi connectivity index (χ3n) is 6.36. The van der Waals surface area contributed by atoms with E-state index in [9.17, 15) is 5.11 Å². The lowest BCUT2D eigenvalue weighted by Crippen LogP contribution is -2.30. The summed E-state index contributed by atoms with van der Waals surface area (Å²) in [4.78, 5) is 0. The third kappa shape index (κ3) is 6.31. The standard InChI is InChI=1S/C21H40O3/c1-2-3-7-10-18(23)12-13-20-19(17-15-21(20)24-16-17)11-8-5-4-6-9-14-22/h17-23H,2-16H2,1H3/t17-,18+,19+,20?,21-/m1/s1. The second-order valence-electron chi connectivity index (χ2n) is 8.20. The molecule has 3 heteroatoms. The van der Waals surface area contributed by atoms with Crippen LogP contribution in [-0.4, -0.2) is 35.6 Å². The van der Waals surface area contributed by atoms with Crippen molar-refractivity contribution in [3.8, 4) is 0 Å². The first-order valence-corrected chi connectivity index (χ1v) is 10.7. The van der Waals surface area contributed by atoms with Gasteiger partial charge in [0.2, 0.25) is 0 Å². The third-order valence-corrected chi connectivity index (χ3v) is 6.36. The lowest BCUT2D eigenvalue weighted by atomic mass is 9.80. The highest BCUT2D eigenvalue weighted by molar-refractivity contribution is 4.96. The van der Waals surface area contributed by atoms with E-state index < -0.39 is 0 Å². The van der Waals surface area contributed by atoms with Gasteiger partial charge in [0.1, 0.15) is 0 Å². The number of aliphatic hydroxyl groups is 2. The number of hydrogen-bond donors (Lipinski definition) is 2. The van der Waals surface area contributed by atoms with Gasteiger partial charge in [-0.15, -0.1) is 0 Å². The molecule has 1 heterocycles. The van der Waals surface area contributed by atoms with E-state index in [2.05, 4.69) is 6.92 Å². The molecule has 142 valence electrons. The van der Waals surface area contributed by atoms with Gasteiger partial charge in [-0.3, -0.25) is 0 Å². The maximum Gasteiger partial charge on any atom is 0.0609 e. The lowest BCUT2D eigenvalue weighted by Gasteiger charge is -2.32. The summed E-state index contributed by atoms with van der Waals surface area (Å²) in [7, 11) is 0. The molecule has 1 aliphatic carbocycles. The Balaban J connectivity index is 1.65. The van der Waals surface area contributed by atoms with Crippen molar-refractivity contribution in [3.63, 3.8) is 0 Å². The van der Waals surface area contributed by atoms with Gasteiger partial charge < -0.3 is 14.9 Å². The monoisotopic (exact) mass is 340 g/mol. The van der Waals surface area contributed by atoms with Crippen LogP contribution in [0.2, 0.25) is 0 Å². The van der Waals surface area contributed by atoms with Gasteiger partial charge in [0.25, 0.3) is 0 Å². The first-order valence-electron chi connectivity index (χ1n) is 10.7. The zero-order chi connectivity index (χ0) is 17.2. The first-order chi connectivity index (χ1) is 11.8. The van der Waals surface area contributed by atoms with Crippen LogP contribution >= 0.6 is 0 Å². The van der Waals surface area contributed by atoms with Crippen molar-refractivity contribution in [2.45, 2.75) is 103 Å². The number of fused-ring (bicyclic) bond motifs is 2. The predicted octanol–water partition coefficient (Wildman–Crippen LogP) is 4.69. The number of unbranched alkanes of at least 4 members (excludes halogenated alkanes) is 6. The zero-order valence-corrected chi connectivity index (χ0v) is 15.8. The number of ether oxygens (including phenoxy) is 1. The van der Waals surface area contributed by atoms with Crippen LogP contribution in [-0.2, 0) is 4.74 Å². The molecular weight excluding hydrogens is 300 g/mol. The number of aliphatic hydroxyl groups excluding tert-OH is 2. The molecule has 1 unspecified atom stereocenters. The Morgan fingerprint density at radius 3 is 2.50 bits per heavy atom. The smallest absolute Gasteiger partial charge is 0.0609 e. The van der Waals surface area contributed by atoms with Crippen LogP contribution < -0.4 is 0 Å². The lowest BCUT2D eigenvalue weighted by molar-refractivity contribution is -0.00980. The van der Waals surface area contributed by atoms with Crippen LogP contribution in [0.25, 0.3) is 0 Å². The molecule has 0 spiro atoms. The molecule has 0 aromatic heterocycles. The van der Waals surface area contributed by atoms with Crippen molar-refractivity contribution in [1.29, 1.82) is 0 Å². The van der Waals surface area contributed by atoms with Gasteiger partial charge in [-0.1, -0.05) is 51.9 Å². The Hall–Kier alpha value is -0.120. The average Bonchev–Trinajstić information content (AvgIpc) is 3.18. The van der Waals surface area contributed by atoms with E-state index in [1.54, 1.807) is 0 Å². The fraction of sp³-hybridized carbons (Fsp3) is 1.00. The van der Waals surface area contributed by atoms with Gasteiger partial charge in [-0.25, -0.2) is 0 Å². The molecule has 1 aliphatic heterocycles. The molecule has 0 amide bonds. The molecule has 2 aliphatic rings. The van der Waals surface area contributed by atoms with Gasteiger partial charge in [0.05, 0.1) is 18.8 Å². The number of rotatable bonds is 14. The summed E-state index contributed by atoms with van der Waals surface area (Å²) in [5.41, 5.74) is 0. The van der Waals surface area contributed by atoms with Gasteiger partial charge in [-0.05, 0) is 56.3 Å².